The summed E-state index contributed by atoms with van der Waals surface area (Å²) in [5, 5.41) is 39.9. The molecule has 126 valence electrons. The molecule has 2 N–H and O–H groups in total. The predicted molar refractivity (Wildman–Crippen MR) is 88.6 cm³/mol. The minimum Gasteiger partial charge on any atom is -0.493 e. The zero-order chi connectivity index (χ0) is 18.1. The molecule has 25 heavy (non-hydrogen) atoms. The average Bonchev–Trinajstić information content (AvgIpc) is 2.89. The third-order valence-electron chi connectivity index (χ3n) is 3.58. The molecule has 0 fully saturated rings. The van der Waals surface area contributed by atoms with E-state index >= 15 is 0 Å². The molecule has 0 saturated heterocycles. The van der Waals surface area contributed by atoms with Crippen LogP contribution in [0, 0.1) is 27.2 Å². The lowest BCUT2D eigenvalue weighted by Gasteiger charge is -1.97. The Kier molecular flexibility index (Phi) is 3.85. The predicted octanol–water partition coefficient (Wildman–Crippen LogP) is 4.41. The largest absolute Gasteiger partial charge is 0.493 e. The first kappa shape index (κ1) is 16.1. The number of aromatic amines is 1. The fraction of sp³-hybridized carbons (Fsp3) is 0.0667. The van der Waals surface area contributed by atoms with Crippen molar-refractivity contribution in [2.24, 2.45) is 10.2 Å². The number of nitrogens with zero attached hydrogens (tertiary/aromatic N) is 4. The third-order valence-corrected chi connectivity index (χ3v) is 3.58. The number of nitro benzene ring substituents is 2. The van der Waals surface area contributed by atoms with Gasteiger partial charge in [0.05, 0.1) is 21.1 Å². The van der Waals surface area contributed by atoms with E-state index in [9.17, 15) is 25.3 Å². The monoisotopic (exact) mass is 341 g/mol. The van der Waals surface area contributed by atoms with Crippen LogP contribution in [0.25, 0.3) is 10.9 Å². The van der Waals surface area contributed by atoms with Crippen molar-refractivity contribution in [2.75, 3.05) is 0 Å². The first-order valence-electron chi connectivity index (χ1n) is 7.02. The van der Waals surface area contributed by atoms with Crippen molar-refractivity contribution in [1.82, 2.24) is 4.98 Å². The SMILES string of the molecule is Cc1cc([N+](=O)[O-])cc2c(N=Nc3ccc([N+](=O)[O-])cc3)c(O)[nH]c12. The molecule has 1 heterocycles. The van der Waals surface area contributed by atoms with Gasteiger partial charge in [-0.1, -0.05) is 0 Å². The number of aromatic nitrogens is 1. The minimum atomic E-state index is -0.534. The van der Waals surface area contributed by atoms with Crippen LogP contribution in [0.1, 0.15) is 5.56 Å². The summed E-state index contributed by atoms with van der Waals surface area (Å²) in [6.07, 6.45) is 0. The molecule has 0 aliphatic rings. The van der Waals surface area contributed by atoms with E-state index in [2.05, 4.69) is 15.2 Å². The van der Waals surface area contributed by atoms with Crippen molar-refractivity contribution in [3.05, 3.63) is 62.2 Å². The number of nitro groups is 2. The Morgan fingerprint density at radius 3 is 2.24 bits per heavy atom. The molecular formula is C15H11N5O5. The number of aryl methyl sites for hydroxylation is 1. The normalized spacial score (nSPS) is 11.2. The molecule has 3 rings (SSSR count). The molecule has 0 aliphatic heterocycles. The summed E-state index contributed by atoms with van der Waals surface area (Å²) in [7, 11) is 0. The minimum absolute atomic E-state index is 0.0557. The zero-order valence-corrected chi connectivity index (χ0v) is 12.8. The highest BCUT2D eigenvalue weighted by molar-refractivity contribution is 5.97. The van der Waals surface area contributed by atoms with Crippen LogP contribution in [0.4, 0.5) is 22.7 Å². The standard InChI is InChI=1S/C15H11N5O5/c1-8-6-11(20(24)25)7-12-13(8)16-15(21)14(12)18-17-9-2-4-10(5-3-9)19(22)23/h2-7,16,21H,1H3. The summed E-state index contributed by atoms with van der Waals surface area (Å²) in [5.41, 5.74) is 1.27. The van der Waals surface area contributed by atoms with Crippen LogP contribution in [0.15, 0.2) is 46.6 Å². The summed E-state index contributed by atoms with van der Waals surface area (Å²) >= 11 is 0. The van der Waals surface area contributed by atoms with E-state index in [1.807, 2.05) is 0 Å². The Bertz CT molecular complexity index is 1020. The number of fused-ring (bicyclic) bond motifs is 1. The number of rotatable bonds is 4. The maximum atomic E-state index is 11.0. The Labute approximate surface area is 139 Å². The second-order valence-electron chi connectivity index (χ2n) is 5.24. The van der Waals surface area contributed by atoms with Gasteiger partial charge in [0.1, 0.15) is 0 Å². The van der Waals surface area contributed by atoms with Gasteiger partial charge in [0, 0.05) is 29.7 Å². The van der Waals surface area contributed by atoms with E-state index in [4.69, 9.17) is 0 Å². The van der Waals surface area contributed by atoms with E-state index in [1.54, 1.807) is 6.92 Å². The van der Waals surface area contributed by atoms with Gasteiger partial charge in [0.15, 0.2) is 5.69 Å². The van der Waals surface area contributed by atoms with Crippen molar-refractivity contribution < 1.29 is 15.0 Å². The van der Waals surface area contributed by atoms with Gasteiger partial charge >= 0.3 is 0 Å². The zero-order valence-electron chi connectivity index (χ0n) is 12.8. The van der Waals surface area contributed by atoms with E-state index in [0.29, 0.717) is 22.2 Å². The lowest BCUT2D eigenvalue weighted by Crippen LogP contribution is -1.88. The van der Waals surface area contributed by atoms with Crippen molar-refractivity contribution in [3.8, 4) is 5.88 Å². The Morgan fingerprint density at radius 2 is 1.64 bits per heavy atom. The molecule has 3 aromatic rings. The van der Waals surface area contributed by atoms with Crippen molar-refractivity contribution in [3.63, 3.8) is 0 Å². The van der Waals surface area contributed by atoms with Crippen LogP contribution in [0.5, 0.6) is 5.88 Å². The molecule has 0 aliphatic carbocycles. The van der Waals surface area contributed by atoms with Crippen LogP contribution < -0.4 is 0 Å². The summed E-state index contributed by atoms with van der Waals surface area (Å²) in [4.78, 5) is 23.3. The van der Waals surface area contributed by atoms with Crippen LogP contribution in [0.2, 0.25) is 0 Å². The highest BCUT2D eigenvalue weighted by Gasteiger charge is 2.17. The molecule has 2 aromatic carbocycles. The quantitative estimate of drug-likeness (QED) is 0.409. The van der Waals surface area contributed by atoms with Gasteiger partial charge in [0.2, 0.25) is 5.88 Å². The van der Waals surface area contributed by atoms with Crippen LogP contribution in [-0.2, 0) is 0 Å². The summed E-state index contributed by atoms with van der Waals surface area (Å²) in [6, 6.07) is 8.04. The fourth-order valence-corrected chi connectivity index (χ4v) is 2.38. The number of H-pyrrole nitrogens is 1. The van der Waals surface area contributed by atoms with Crippen molar-refractivity contribution in [1.29, 1.82) is 0 Å². The van der Waals surface area contributed by atoms with Crippen LogP contribution in [-0.4, -0.2) is 19.9 Å². The maximum absolute atomic E-state index is 11.0. The molecular weight excluding hydrogens is 330 g/mol. The van der Waals surface area contributed by atoms with Gasteiger partial charge in [-0.3, -0.25) is 20.2 Å². The lowest BCUT2D eigenvalue weighted by molar-refractivity contribution is -0.385. The highest BCUT2D eigenvalue weighted by atomic mass is 16.6. The molecule has 0 bridgehead atoms. The van der Waals surface area contributed by atoms with Gasteiger partial charge in [-0.05, 0) is 24.6 Å². The Balaban J connectivity index is 2.04. The molecule has 10 nitrogen and oxygen atoms in total. The number of hydrogen-bond acceptors (Lipinski definition) is 7. The van der Waals surface area contributed by atoms with Gasteiger partial charge < -0.3 is 10.1 Å². The molecule has 0 unspecified atom stereocenters. The molecule has 10 heteroatoms. The molecule has 0 spiro atoms. The first-order valence-corrected chi connectivity index (χ1v) is 7.02. The highest BCUT2D eigenvalue weighted by Crippen LogP contribution is 2.39. The third kappa shape index (κ3) is 3.00. The number of benzene rings is 2. The summed E-state index contributed by atoms with van der Waals surface area (Å²) < 4.78 is 0. The second kappa shape index (κ2) is 6.00. The summed E-state index contributed by atoms with van der Waals surface area (Å²) in [6.45, 7) is 1.67. The fourth-order valence-electron chi connectivity index (χ4n) is 2.38. The first-order chi connectivity index (χ1) is 11.9. The number of hydrogen-bond donors (Lipinski definition) is 2. The number of azo groups is 1. The topological polar surface area (TPSA) is 147 Å². The summed E-state index contributed by atoms with van der Waals surface area (Å²) in [5.74, 6) is -0.274. The number of non-ortho nitro benzene ring substituents is 2. The van der Waals surface area contributed by atoms with E-state index in [1.165, 1.54) is 36.4 Å². The van der Waals surface area contributed by atoms with Crippen LogP contribution >= 0.6 is 0 Å². The van der Waals surface area contributed by atoms with Crippen molar-refractivity contribution in [2.45, 2.75) is 6.92 Å². The molecule has 0 atom stereocenters. The van der Waals surface area contributed by atoms with Gasteiger partial charge in [-0.2, -0.15) is 5.11 Å². The van der Waals surface area contributed by atoms with Gasteiger partial charge in [-0.15, -0.1) is 5.11 Å². The Morgan fingerprint density at radius 1 is 1.00 bits per heavy atom. The molecule has 0 saturated carbocycles. The van der Waals surface area contributed by atoms with E-state index in [0.717, 1.165) is 0 Å². The molecule has 1 aromatic heterocycles. The van der Waals surface area contributed by atoms with Gasteiger partial charge in [0.25, 0.3) is 11.4 Å². The average molecular weight is 341 g/mol. The van der Waals surface area contributed by atoms with Crippen molar-refractivity contribution >= 4 is 33.7 Å². The number of aromatic hydroxyl groups is 1. The smallest absolute Gasteiger partial charge is 0.270 e. The van der Waals surface area contributed by atoms with Gasteiger partial charge in [-0.25, -0.2) is 0 Å². The van der Waals surface area contributed by atoms with E-state index in [-0.39, 0.29) is 22.9 Å². The second-order valence-corrected chi connectivity index (χ2v) is 5.24. The van der Waals surface area contributed by atoms with E-state index < -0.39 is 9.85 Å². The maximum Gasteiger partial charge on any atom is 0.270 e. The number of nitrogens with one attached hydrogen (secondary N) is 1. The van der Waals surface area contributed by atoms with Crippen LogP contribution in [0.3, 0.4) is 0 Å². The molecule has 0 radical (unpaired) electrons. The molecule has 0 amide bonds. The lowest BCUT2D eigenvalue weighted by atomic mass is 10.1. The Hall–Kier alpha value is -3.82.